The maximum absolute atomic E-state index is 12.6. The SMILES string of the molecule is O=C1C(NS(=O)(=O)CC2CCCCO2)CCN1c1cccc(OC(F)(F)F)c1. The monoisotopic (exact) mass is 422 g/mol. The van der Waals surface area contributed by atoms with Gasteiger partial charge in [0.1, 0.15) is 11.8 Å². The molecule has 28 heavy (non-hydrogen) atoms. The van der Waals surface area contributed by atoms with Gasteiger partial charge in [-0.2, -0.15) is 0 Å². The molecule has 1 aromatic carbocycles. The van der Waals surface area contributed by atoms with E-state index < -0.39 is 40.2 Å². The number of benzene rings is 1. The van der Waals surface area contributed by atoms with E-state index in [1.807, 2.05) is 0 Å². The summed E-state index contributed by atoms with van der Waals surface area (Å²) in [7, 11) is -3.73. The third-order valence-electron chi connectivity index (χ3n) is 4.57. The summed E-state index contributed by atoms with van der Waals surface area (Å²) in [5, 5.41) is 0. The third kappa shape index (κ3) is 5.58. The molecule has 0 saturated carbocycles. The highest BCUT2D eigenvalue weighted by Gasteiger charge is 2.37. The molecule has 1 amide bonds. The van der Waals surface area contributed by atoms with E-state index in [9.17, 15) is 26.4 Å². The van der Waals surface area contributed by atoms with Gasteiger partial charge in [-0.3, -0.25) is 4.79 Å². The van der Waals surface area contributed by atoms with Crippen molar-refractivity contribution in [2.75, 3.05) is 23.8 Å². The van der Waals surface area contributed by atoms with Gasteiger partial charge in [-0.05, 0) is 37.8 Å². The zero-order valence-corrected chi connectivity index (χ0v) is 15.8. The number of hydrogen-bond acceptors (Lipinski definition) is 5. The average Bonchev–Trinajstić information content (AvgIpc) is 2.94. The van der Waals surface area contributed by atoms with Crippen LogP contribution in [0.25, 0.3) is 0 Å². The molecule has 2 fully saturated rings. The number of halogens is 3. The fraction of sp³-hybridized carbons (Fsp3) is 0.588. The predicted molar refractivity (Wildman–Crippen MR) is 94.4 cm³/mol. The molecule has 2 aliphatic rings. The summed E-state index contributed by atoms with van der Waals surface area (Å²) in [5.74, 6) is -1.18. The van der Waals surface area contributed by atoms with Gasteiger partial charge in [0, 0.05) is 24.9 Å². The van der Waals surface area contributed by atoms with Crippen molar-refractivity contribution in [3.05, 3.63) is 24.3 Å². The number of nitrogens with one attached hydrogen (secondary N) is 1. The van der Waals surface area contributed by atoms with Gasteiger partial charge in [0.25, 0.3) is 0 Å². The van der Waals surface area contributed by atoms with Gasteiger partial charge < -0.3 is 14.4 Å². The molecule has 0 aromatic heterocycles. The van der Waals surface area contributed by atoms with E-state index in [0.717, 1.165) is 25.0 Å². The van der Waals surface area contributed by atoms with Gasteiger partial charge in [0.2, 0.25) is 15.9 Å². The van der Waals surface area contributed by atoms with Crippen LogP contribution in [0.1, 0.15) is 25.7 Å². The lowest BCUT2D eigenvalue weighted by molar-refractivity contribution is -0.274. The van der Waals surface area contributed by atoms with Crippen LogP contribution < -0.4 is 14.4 Å². The van der Waals surface area contributed by atoms with Crippen molar-refractivity contribution in [2.45, 2.75) is 44.2 Å². The Labute approximate surface area is 160 Å². The number of amides is 1. The maximum Gasteiger partial charge on any atom is 0.573 e. The van der Waals surface area contributed by atoms with Crippen molar-refractivity contribution in [3.8, 4) is 5.75 Å². The lowest BCUT2D eigenvalue weighted by atomic mass is 10.1. The fourth-order valence-electron chi connectivity index (χ4n) is 3.34. The van der Waals surface area contributed by atoms with Crippen molar-refractivity contribution >= 4 is 21.6 Å². The molecule has 1 N–H and O–H groups in total. The largest absolute Gasteiger partial charge is 0.573 e. The molecular weight excluding hydrogens is 401 g/mol. The second-order valence-electron chi connectivity index (χ2n) is 6.76. The van der Waals surface area contributed by atoms with Crippen LogP contribution in [0, 0.1) is 0 Å². The van der Waals surface area contributed by atoms with E-state index in [1.54, 1.807) is 0 Å². The number of nitrogens with zero attached hydrogens (tertiary/aromatic N) is 1. The smallest absolute Gasteiger partial charge is 0.406 e. The molecule has 3 rings (SSSR count). The summed E-state index contributed by atoms with van der Waals surface area (Å²) in [6, 6.07) is 4.07. The Bertz CT molecular complexity index is 809. The maximum atomic E-state index is 12.6. The van der Waals surface area contributed by atoms with E-state index in [-0.39, 0.29) is 24.4 Å². The summed E-state index contributed by atoms with van der Waals surface area (Å²) < 4.78 is 73.5. The molecule has 1 aromatic rings. The van der Waals surface area contributed by atoms with Crippen molar-refractivity contribution < 1.29 is 35.9 Å². The molecule has 0 bridgehead atoms. The van der Waals surface area contributed by atoms with Crippen LogP contribution in [0.4, 0.5) is 18.9 Å². The summed E-state index contributed by atoms with van der Waals surface area (Å²) in [6.07, 6.45) is -2.57. The van der Waals surface area contributed by atoms with Crippen LogP contribution in [-0.4, -0.2) is 51.7 Å². The number of sulfonamides is 1. The number of rotatable bonds is 6. The van der Waals surface area contributed by atoms with Gasteiger partial charge in [-0.15, -0.1) is 13.2 Å². The molecule has 156 valence electrons. The highest BCUT2D eigenvalue weighted by atomic mass is 32.2. The minimum atomic E-state index is -4.84. The Hall–Kier alpha value is -1.85. The van der Waals surface area contributed by atoms with Crippen molar-refractivity contribution in [2.24, 2.45) is 0 Å². The Morgan fingerprint density at radius 1 is 1.25 bits per heavy atom. The number of anilines is 1. The van der Waals surface area contributed by atoms with Gasteiger partial charge >= 0.3 is 6.36 Å². The molecule has 2 saturated heterocycles. The molecule has 0 spiro atoms. The second-order valence-corrected chi connectivity index (χ2v) is 8.56. The van der Waals surface area contributed by atoms with E-state index in [0.29, 0.717) is 13.0 Å². The van der Waals surface area contributed by atoms with Gasteiger partial charge in [0.05, 0.1) is 11.9 Å². The highest BCUT2D eigenvalue weighted by Crippen LogP contribution is 2.29. The van der Waals surface area contributed by atoms with Crippen LogP contribution in [0.3, 0.4) is 0 Å². The second kappa shape index (κ2) is 8.26. The number of carbonyl (C=O) groups is 1. The third-order valence-corrected chi connectivity index (χ3v) is 6.02. The minimum Gasteiger partial charge on any atom is -0.406 e. The molecule has 2 heterocycles. The summed E-state index contributed by atoms with van der Waals surface area (Å²) in [6.45, 7) is 0.702. The first-order valence-corrected chi connectivity index (χ1v) is 10.6. The van der Waals surface area contributed by atoms with Crippen LogP contribution in [0.2, 0.25) is 0 Å². The first-order chi connectivity index (χ1) is 13.1. The Kier molecular flexibility index (Phi) is 6.15. The zero-order chi connectivity index (χ0) is 20.4. The van der Waals surface area contributed by atoms with E-state index in [2.05, 4.69) is 9.46 Å². The quantitative estimate of drug-likeness (QED) is 0.760. The minimum absolute atomic E-state index is 0.182. The molecular formula is C17H21F3N2O5S. The van der Waals surface area contributed by atoms with Crippen LogP contribution in [0.5, 0.6) is 5.75 Å². The van der Waals surface area contributed by atoms with Crippen LogP contribution in [-0.2, 0) is 19.6 Å². The lowest BCUT2D eigenvalue weighted by Gasteiger charge is -2.23. The summed E-state index contributed by atoms with van der Waals surface area (Å²) in [4.78, 5) is 13.8. The fourth-order valence-corrected chi connectivity index (χ4v) is 4.84. The first-order valence-electron chi connectivity index (χ1n) is 8.92. The number of ether oxygens (including phenoxy) is 2. The summed E-state index contributed by atoms with van der Waals surface area (Å²) >= 11 is 0. The molecule has 0 radical (unpaired) electrons. The zero-order valence-electron chi connectivity index (χ0n) is 14.9. The van der Waals surface area contributed by atoms with E-state index in [4.69, 9.17) is 4.74 Å². The molecule has 2 aliphatic heterocycles. The highest BCUT2D eigenvalue weighted by molar-refractivity contribution is 7.89. The van der Waals surface area contributed by atoms with Gasteiger partial charge in [-0.1, -0.05) is 6.07 Å². The lowest BCUT2D eigenvalue weighted by Crippen LogP contribution is -2.44. The summed E-state index contributed by atoms with van der Waals surface area (Å²) in [5.41, 5.74) is 0.212. The van der Waals surface area contributed by atoms with Crippen LogP contribution in [0.15, 0.2) is 24.3 Å². The topological polar surface area (TPSA) is 84.9 Å². The number of carbonyl (C=O) groups excluding carboxylic acids is 1. The first kappa shape index (κ1) is 20.9. The molecule has 11 heteroatoms. The van der Waals surface area contributed by atoms with Gasteiger partial charge in [0.15, 0.2) is 0 Å². The molecule has 2 atom stereocenters. The van der Waals surface area contributed by atoms with Gasteiger partial charge in [-0.25, -0.2) is 13.1 Å². The predicted octanol–water partition coefficient (Wildman–Crippen LogP) is 2.18. The Morgan fingerprint density at radius 2 is 2.04 bits per heavy atom. The Balaban J connectivity index is 1.63. The molecule has 2 unspecified atom stereocenters. The molecule has 0 aliphatic carbocycles. The van der Waals surface area contributed by atoms with E-state index >= 15 is 0 Å². The standard InChI is InChI=1S/C17H21F3N2O5S/c18-17(19,20)27-13-6-3-4-12(10-13)22-8-7-15(16(22)23)21-28(24,25)11-14-5-1-2-9-26-14/h3-4,6,10,14-15,21H,1-2,5,7-9,11H2. The van der Waals surface area contributed by atoms with Crippen molar-refractivity contribution in [3.63, 3.8) is 0 Å². The molecule has 7 nitrogen and oxygen atoms in total. The Morgan fingerprint density at radius 3 is 2.71 bits per heavy atom. The van der Waals surface area contributed by atoms with Crippen molar-refractivity contribution in [1.29, 1.82) is 0 Å². The van der Waals surface area contributed by atoms with E-state index in [1.165, 1.54) is 17.0 Å². The van der Waals surface area contributed by atoms with Crippen LogP contribution >= 0.6 is 0 Å². The number of hydrogen-bond donors (Lipinski definition) is 1. The normalized spacial score (nSPS) is 23.8. The average molecular weight is 422 g/mol. The number of alkyl halides is 3. The van der Waals surface area contributed by atoms with Crippen molar-refractivity contribution in [1.82, 2.24) is 4.72 Å².